The lowest BCUT2D eigenvalue weighted by Crippen LogP contribution is -2.47. The third-order valence-electron chi connectivity index (χ3n) is 4.46. The smallest absolute Gasteiger partial charge is 0.253 e. The maximum atomic E-state index is 12.9. The van der Waals surface area contributed by atoms with E-state index >= 15 is 0 Å². The molecule has 112 valence electrons. The molecule has 1 aromatic rings. The minimum absolute atomic E-state index is 0.315. The molecule has 3 heterocycles. The molecular weight excluding hydrogens is 384 g/mol. The number of sulfonamides is 1. The Kier molecular flexibility index (Phi) is 3.75. The molecule has 2 atom stereocenters. The van der Waals surface area contributed by atoms with Crippen molar-refractivity contribution in [2.75, 3.05) is 19.6 Å². The van der Waals surface area contributed by atoms with E-state index in [9.17, 15) is 8.42 Å². The van der Waals surface area contributed by atoms with Crippen LogP contribution in [-0.2, 0) is 10.0 Å². The molecule has 2 aliphatic rings. The number of hydrogen-bond donors (Lipinski definition) is 1. The highest BCUT2D eigenvalue weighted by molar-refractivity contribution is 9.11. The highest BCUT2D eigenvalue weighted by Gasteiger charge is 2.54. The van der Waals surface area contributed by atoms with Gasteiger partial charge >= 0.3 is 0 Å². The largest absolute Gasteiger partial charge is 0.316 e. The first kappa shape index (κ1) is 15.2. The van der Waals surface area contributed by atoms with E-state index in [4.69, 9.17) is 11.6 Å². The number of nitrogens with one attached hydrogen (secondary N) is 1. The number of nitrogens with zero attached hydrogens (tertiary/aromatic N) is 1. The fourth-order valence-electron chi connectivity index (χ4n) is 3.36. The lowest BCUT2D eigenvalue weighted by atomic mass is 9.85. The summed E-state index contributed by atoms with van der Waals surface area (Å²) in [5, 5.41) is 3.81. The first-order valence-electron chi connectivity index (χ1n) is 6.43. The number of fused-ring (bicyclic) bond motifs is 1. The van der Waals surface area contributed by atoms with Gasteiger partial charge < -0.3 is 5.32 Å². The van der Waals surface area contributed by atoms with Gasteiger partial charge in [0.2, 0.25) is 0 Å². The molecule has 0 bridgehead atoms. The normalized spacial score (nSPS) is 29.8. The van der Waals surface area contributed by atoms with Crippen molar-refractivity contribution >= 4 is 48.9 Å². The van der Waals surface area contributed by atoms with Gasteiger partial charge in [-0.3, -0.25) is 0 Å². The Labute approximate surface area is 136 Å². The topological polar surface area (TPSA) is 49.4 Å². The monoisotopic (exact) mass is 398 g/mol. The summed E-state index contributed by atoms with van der Waals surface area (Å²) in [5.74, 6) is 0.773. The molecule has 8 heteroatoms. The Hall–Kier alpha value is 0.340. The van der Waals surface area contributed by atoms with Crippen molar-refractivity contribution in [3.05, 3.63) is 14.9 Å². The van der Waals surface area contributed by atoms with Crippen LogP contribution in [0.25, 0.3) is 0 Å². The Morgan fingerprint density at radius 2 is 2.20 bits per heavy atom. The van der Waals surface area contributed by atoms with E-state index in [1.165, 1.54) is 17.4 Å². The van der Waals surface area contributed by atoms with Gasteiger partial charge in [0.25, 0.3) is 10.0 Å². The van der Waals surface area contributed by atoms with Crippen LogP contribution < -0.4 is 5.32 Å². The Morgan fingerprint density at radius 1 is 1.50 bits per heavy atom. The second-order valence-corrected chi connectivity index (χ2v) is 10.8. The highest BCUT2D eigenvalue weighted by Crippen LogP contribution is 2.45. The zero-order chi connectivity index (χ0) is 14.7. The summed E-state index contributed by atoms with van der Waals surface area (Å²) in [4.78, 5) is 0. The van der Waals surface area contributed by atoms with Gasteiger partial charge in [0, 0.05) is 18.6 Å². The maximum absolute atomic E-state index is 12.9. The molecule has 1 N–H and O–H groups in total. The van der Waals surface area contributed by atoms with E-state index in [0.29, 0.717) is 31.4 Å². The number of rotatable bonds is 2. The molecule has 0 spiro atoms. The second kappa shape index (κ2) is 4.93. The first-order chi connectivity index (χ1) is 9.24. The summed E-state index contributed by atoms with van der Waals surface area (Å²) in [6, 6.07) is 1.54. The summed E-state index contributed by atoms with van der Waals surface area (Å²) in [7, 11) is -3.48. The van der Waals surface area contributed by atoms with Crippen LogP contribution in [0.3, 0.4) is 0 Å². The zero-order valence-corrected chi connectivity index (χ0v) is 15.2. The van der Waals surface area contributed by atoms with Crippen LogP contribution in [0.15, 0.2) is 14.1 Å². The molecule has 0 radical (unpaired) electrons. The van der Waals surface area contributed by atoms with Crippen LogP contribution in [0.5, 0.6) is 0 Å². The fraction of sp³-hybridized carbons (Fsp3) is 0.667. The van der Waals surface area contributed by atoms with Crippen LogP contribution in [0, 0.1) is 11.8 Å². The molecule has 0 amide bonds. The first-order valence-corrected chi connectivity index (χ1v) is 9.85. The lowest BCUT2D eigenvalue weighted by molar-refractivity contribution is 0.233. The van der Waals surface area contributed by atoms with E-state index in [2.05, 4.69) is 21.2 Å². The van der Waals surface area contributed by atoms with Crippen LogP contribution in [0.4, 0.5) is 0 Å². The highest BCUT2D eigenvalue weighted by atomic mass is 79.9. The maximum Gasteiger partial charge on any atom is 0.253 e. The standard InChI is InChI=1S/C12H16BrClN2O2S2/c1-12(2)8-5-15-4-7(8)6-16(12)20(17,18)10-3-9(14)11(13)19-10/h3,7-8,15H,4-6H2,1-2H3. The van der Waals surface area contributed by atoms with Crippen molar-refractivity contribution in [1.29, 1.82) is 0 Å². The van der Waals surface area contributed by atoms with Gasteiger partial charge in [-0.2, -0.15) is 4.31 Å². The van der Waals surface area contributed by atoms with Gasteiger partial charge in [0.1, 0.15) is 4.21 Å². The molecular formula is C12H16BrClN2O2S2. The SMILES string of the molecule is CC1(C)C2CNCC2CN1S(=O)(=O)c1cc(Cl)c(Br)s1. The van der Waals surface area contributed by atoms with E-state index in [-0.39, 0.29) is 5.54 Å². The van der Waals surface area contributed by atoms with Crippen molar-refractivity contribution in [3.8, 4) is 0 Å². The molecule has 0 saturated carbocycles. The van der Waals surface area contributed by atoms with Gasteiger partial charge in [-0.25, -0.2) is 8.42 Å². The summed E-state index contributed by atoms with van der Waals surface area (Å²) >= 11 is 10.4. The number of halogens is 2. The molecule has 20 heavy (non-hydrogen) atoms. The van der Waals surface area contributed by atoms with E-state index in [0.717, 1.165) is 13.1 Å². The zero-order valence-electron chi connectivity index (χ0n) is 11.2. The minimum atomic E-state index is -3.48. The third kappa shape index (κ3) is 2.18. The molecule has 0 aliphatic carbocycles. The summed E-state index contributed by atoms with van der Waals surface area (Å²) < 4.78 is 28.4. The average molecular weight is 400 g/mol. The Balaban J connectivity index is 2.00. The Bertz CT molecular complexity index is 624. The average Bonchev–Trinajstić information content (AvgIpc) is 2.99. The predicted octanol–water partition coefficient (Wildman–Crippen LogP) is 2.78. The van der Waals surface area contributed by atoms with Crippen LogP contribution >= 0.6 is 38.9 Å². The quantitative estimate of drug-likeness (QED) is 0.832. The van der Waals surface area contributed by atoms with Crippen molar-refractivity contribution < 1.29 is 8.42 Å². The van der Waals surface area contributed by atoms with Crippen molar-refractivity contribution in [3.63, 3.8) is 0 Å². The summed E-state index contributed by atoms with van der Waals surface area (Å²) in [6.45, 7) is 6.41. The Morgan fingerprint density at radius 3 is 2.75 bits per heavy atom. The number of hydrogen-bond acceptors (Lipinski definition) is 4. The molecule has 4 nitrogen and oxygen atoms in total. The van der Waals surface area contributed by atoms with Crippen LogP contribution in [-0.4, -0.2) is 37.9 Å². The fourth-order valence-corrected chi connectivity index (χ4v) is 7.75. The predicted molar refractivity (Wildman–Crippen MR) is 84.8 cm³/mol. The van der Waals surface area contributed by atoms with Crippen molar-refractivity contribution in [1.82, 2.24) is 9.62 Å². The summed E-state index contributed by atoms with van der Waals surface area (Å²) in [6.07, 6.45) is 0. The summed E-state index contributed by atoms with van der Waals surface area (Å²) in [5.41, 5.74) is -0.365. The van der Waals surface area contributed by atoms with Crippen LogP contribution in [0.1, 0.15) is 13.8 Å². The van der Waals surface area contributed by atoms with Gasteiger partial charge in [-0.1, -0.05) is 11.6 Å². The molecule has 2 unspecified atom stereocenters. The van der Waals surface area contributed by atoms with Crippen molar-refractivity contribution in [2.24, 2.45) is 11.8 Å². The van der Waals surface area contributed by atoms with E-state index < -0.39 is 10.0 Å². The lowest BCUT2D eigenvalue weighted by Gasteiger charge is -2.34. The number of thiophene rings is 1. The van der Waals surface area contributed by atoms with E-state index in [1.54, 1.807) is 4.31 Å². The minimum Gasteiger partial charge on any atom is -0.316 e. The molecule has 1 aromatic heterocycles. The van der Waals surface area contributed by atoms with Gasteiger partial charge in [0.15, 0.2) is 0 Å². The molecule has 2 fully saturated rings. The van der Waals surface area contributed by atoms with Gasteiger partial charge in [0.05, 0.1) is 8.81 Å². The van der Waals surface area contributed by atoms with Gasteiger partial charge in [-0.05, 0) is 54.2 Å². The molecule has 2 saturated heterocycles. The molecule has 3 rings (SSSR count). The van der Waals surface area contributed by atoms with E-state index in [1.807, 2.05) is 13.8 Å². The van der Waals surface area contributed by atoms with Crippen LogP contribution in [0.2, 0.25) is 5.02 Å². The van der Waals surface area contributed by atoms with Gasteiger partial charge in [-0.15, -0.1) is 11.3 Å². The molecule has 2 aliphatic heterocycles. The van der Waals surface area contributed by atoms with Crippen molar-refractivity contribution in [2.45, 2.75) is 23.6 Å². The third-order valence-corrected chi connectivity index (χ3v) is 9.43. The second-order valence-electron chi connectivity index (χ2n) is 5.90. The molecule has 0 aromatic carbocycles.